The van der Waals surface area contributed by atoms with E-state index >= 15 is 0 Å². The molecule has 0 saturated heterocycles. The van der Waals surface area contributed by atoms with E-state index in [1.54, 1.807) is 0 Å². The van der Waals surface area contributed by atoms with Crippen LogP contribution in [0.3, 0.4) is 0 Å². The second-order valence-corrected chi connectivity index (χ2v) is 8.50. The van der Waals surface area contributed by atoms with Gasteiger partial charge in [-0.25, -0.2) is 4.79 Å². The van der Waals surface area contributed by atoms with Gasteiger partial charge in [0.05, 0.1) is 12.0 Å². The second kappa shape index (κ2) is 9.12. The number of amides is 2. The van der Waals surface area contributed by atoms with Crippen molar-refractivity contribution < 1.29 is 14.3 Å². The van der Waals surface area contributed by atoms with Crippen molar-refractivity contribution in [3.05, 3.63) is 71.3 Å². The molecule has 2 atom stereocenters. The molecular formula is C24H30N2O3. The van der Waals surface area contributed by atoms with Gasteiger partial charge in [0, 0.05) is 6.54 Å². The number of benzene rings is 2. The van der Waals surface area contributed by atoms with Crippen molar-refractivity contribution in [3.8, 4) is 0 Å². The van der Waals surface area contributed by atoms with Gasteiger partial charge >= 0.3 is 6.09 Å². The number of carbonyl (C=O) groups is 2. The van der Waals surface area contributed by atoms with Crippen molar-refractivity contribution in [2.45, 2.75) is 57.6 Å². The number of hydrogen-bond acceptors (Lipinski definition) is 3. The molecule has 5 nitrogen and oxygen atoms in total. The van der Waals surface area contributed by atoms with Crippen molar-refractivity contribution in [2.75, 3.05) is 6.54 Å². The van der Waals surface area contributed by atoms with E-state index in [1.165, 1.54) is 11.1 Å². The zero-order valence-corrected chi connectivity index (χ0v) is 17.4. The van der Waals surface area contributed by atoms with Gasteiger partial charge in [-0.05, 0) is 56.7 Å². The van der Waals surface area contributed by atoms with E-state index < -0.39 is 17.6 Å². The van der Waals surface area contributed by atoms with Crippen LogP contribution in [0.4, 0.5) is 4.79 Å². The lowest BCUT2D eigenvalue weighted by atomic mass is 9.87. The predicted octanol–water partition coefficient (Wildman–Crippen LogP) is 4.49. The number of ether oxygens (including phenoxy) is 1. The molecule has 0 radical (unpaired) electrons. The minimum atomic E-state index is -0.583. The van der Waals surface area contributed by atoms with E-state index in [-0.39, 0.29) is 18.5 Å². The Morgan fingerprint density at radius 3 is 2.48 bits per heavy atom. The van der Waals surface area contributed by atoms with Gasteiger partial charge in [-0.3, -0.25) is 4.79 Å². The summed E-state index contributed by atoms with van der Waals surface area (Å²) in [5.41, 5.74) is 2.77. The fourth-order valence-electron chi connectivity index (χ4n) is 3.72. The van der Waals surface area contributed by atoms with Gasteiger partial charge in [-0.2, -0.15) is 0 Å². The molecule has 1 aliphatic rings. The predicted molar refractivity (Wildman–Crippen MR) is 114 cm³/mol. The Hall–Kier alpha value is -2.82. The summed E-state index contributed by atoms with van der Waals surface area (Å²) in [6.07, 6.45) is 2.50. The molecule has 1 aliphatic carbocycles. The molecule has 0 aromatic heterocycles. The molecule has 2 amide bonds. The van der Waals surface area contributed by atoms with Gasteiger partial charge in [0.2, 0.25) is 5.91 Å². The SMILES string of the molecule is CC(C)(C)OC(=O)NCC(C(=O)NC1CCCc2ccccc21)c1ccccc1. The summed E-state index contributed by atoms with van der Waals surface area (Å²) in [5.74, 6) is -0.577. The van der Waals surface area contributed by atoms with Gasteiger partial charge in [0.25, 0.3) is 0 Å². The van der Waals surface area contributed by atoms with Crippen molar-refractivity contribution in [3.63, 3.8) is 0 Å². The maximum atomic E-state index is 13.2. The molecule has 2 aromatic carbocycles. The highest BCUT2D eigenvalue weighted by Gasteiger charge is 2.27. The van der Waals surface area contributed by atoms with Gasteiger partial charge in [0.15, 0.2) is 0 Å². The van der Waals surface area contributed by atoms with Crippen molar-refractivity contribution in [1.29, 1.82) is 0 Å². The third-order valence-electron chi connectivity index (χ3n) is 5.05. The summed E-state index contributed by atoms with van der Waals surface area (Å²) < 4.78 is 5.32. The van der Waals surface area contributed by atoms with E-state index in [4.69, 9.17) is 4.74 Å². The van der Waals surface area contributed by atoms with Crippen LogP contribution >= 0.6 is 0 Å². The molecule has 3 rings (SSSR count). The van der Waals surface area contributed by atoms with Crippen molar-refractivity contribution >= 4 is 12.0 Å². The van der Waals surface area contributed by atoms with E-state index in [0.29, 0.717) is 0 Å². The molecule has 0 heterocycles. The number of rotatable bonds is 5. The Morgan fingerprint density at radius 2 is 1.76 bits per heavy atom. The quantitative estimate of drug-likeness (QED) is 0.785. The number of fused-ring (bicyclic) bond motifs is 1. The van der Waals surface area contributed by atoms with Crippen LogP contribution in [0.5, 0.6) is 0 Å². The summed E-state index contributed by atoms with van der Waals surface area (Å²) in [5, 5.41) is 5.97. The summed E-state index contributed by atoms with van der Waals surface area (Å²) in [6, 6.07) is 17.8. The monoisotopic (exact) mass is 394 g/mol. The molecule has 29 heavy (non-hydrogen) atoms. The van der Waals surface area contributed by atoms with Crippen LogP contribution in [0.25, 0.3) is 0 Å². The first-order valence-corrected chi connectivity index (χ1v) is 10.2. The highest BCUT2D eigenvalue weighted by Crippen LogP contribution is 2.30. The molecule has 0 aliphatic heterocycles. The fourth-order valence-corrected chi connectivity index (χ4v) is 3.72. The number of nitrogens with one attached hydrogen (secondary N) is 2. The van der Waals surface area contributed by atoms with Crippen molar-refractivity contribution in [1.82, 2.24) is 10.6 Å². The smallest absolute Gasteiger partial charge is 0.407 e. The van der Waals surface area contributed by atoms with E-state index in [9.17, 15) is 9.59 Å². The minimum absolute atomic E-state index is 0.000175. The van der Waals surface area contributed by atoms with Crippen LogP contribution in [-0.2, 0) is 16.0 Å². The molecule has 0 fully saturated rings. The zero-order chi connectivity index (χ0) is 20.9. The van der Waals surface area contributed by atoms with E-state index in [0.717, 1.165) is 24.8 Å². The Kier molecular flexibility index (Phi) is 6.57. The highest BCUT2D eigenvalue weighted by atomic mass is 16.6. The summed E-state index contributed by atoms with van der Waals surface area (Å²) in [4.78, 5) is 25.3. The molecule has 2 aromatic rings. The van der Waals surface area contributed by atoms with E-state index in [1.807, 2.05) is 63.2 Å². The normalized spacial score (nSPS) is 17.0. The number of aryl methyl sites for hydroxylation is 1. The lowest BCUT2D eigenvalue weighted by molar-refractivity contribution is -0.123. The summed E-state index contributed by atoms with van der Waals surface area (Å²) in [7, 11) is 0. The number of alkyl carbamates (subject to hydrolysis) is 1. The lowest BCUT2D eigenvalue weighted by Gasteiger charge is -2.28. The van der Waals surface area contributed by atoms with E-state index in [2.05, 4.69) is 22.8 Å². The third kappa shape index (κ3) is 5.83. The molecule has 5 heteroatoms. The van der Waals surface area contributed by atoms with Crippen LogP contribution in [0.1, 0.15) is 62.3 Å². The largest absolute Gasteiger partial charge is 0.444 e. The first-order valence-electron chi connectivity index (χ1n) is 10.2. The Morgan fingerprint density at radius 1 is 1.07 bits per heavy atom. The van der Waals surface area contributed by atoms with Gasteiger partial charge in [-0.15, -0.1) is 0 Å². The number of carbonyl (C=O) groups excluding carboxylic acids is 2. The van der Waals surface area contributed by atoms with Crippen LogP contribution in [0, 0.1) is 0 Å². The van der Waals surface area contributed by atoms with Gasteiger partial charge in [0.1, 0.15) is 5.60 Å². The number of hydrogen-bond donors (Lipinski definition) is 2. The Balaban J connectivity index is 1.73. The Labute approximate surface area is 172 Å². The third-order valence-corrected chi connectivity index (χ3v) is 5.05. The maximum absolute atomic E-state index is 13.2. The van der Waals surface area contributed by atoms with Crippen LogP contribution in [0.15, 0.2) is 54.6 Å². The highest BCUT2D eigenvalue weighted by molar-refractivity contribution is 5.85. The molecule has 154 valence electrons. The minimum Gasteiger partial charge on any atom is -0.444 e. The standard InChI is InChI=1S/C24H30N2O3/c1-24(2,3)29-23(28)25-16-20(18-10-5-4-6-11-18)22(27)26-21-15-9-13-17-12-7-8-14-19(17)21/h4-8,10-12,14,20-21H,9,13,15-16H2,1-3H3,(H,25,28)(H,26,27). The second-order valence-electron chi connectivity index (χ2n) is 8.50. The van der Waals surface area contributed by atoms with Crippen LogP contribution in [-0.4, -0.2) is 24.1 Å². The average Bonchev–Trinajstić information content (AvgIpc) is 2.68. The van der Waals surface area contributed by atoms with Gasteiger partial charge in [-0.1, -0.05) is 54.6 Å². The first-order chi connectivity index (χ1) is 13.8. The molecule has 0 spiro atoms. The average molecular weight is 395 g/mol. The Bertz CT molecular complexity index is 843. The van der Waals surface area contributed by atoms with Crippen LogP contribution in [0.2, 0.25) is 0 Å². The lowest BCUT2D eigenvalue weighted by Crippen LogP contribution is -2.41. The molecule has 2 N–H and O–H groups in total. The fraction of sp³-hybridized carbons (Fsp3) is 0.417. The molecular weight excluding hydrogens is 364 g/mol. The topological polar surface area (TPSA) is 67.4 Å². The molecule has 2 unspecified atom stereocenters. The maximum Gasteiger partial charge on any atom is 0.407 e. The molecule has 0 saturated carbocycles. The molecule has 0 bridgehead atoms. The summed E-state index contributed by atoms with van der Waals surface area (Å²) >= 11 is 0. The summed E-state index contributed by atoms with van der Waals surface area (Å²) in [6.45, 7) is 5.62. The van der Waals surface area contributed by atoms with Gasteiger partial charge < -0.3 is 15.4 Å². The first kappa shape index (κ1) is 20.9. The van der Waals surface area contributed by atoms with Crippen molar-refractivity contribution in [2.24, 2.45) is 0 Å². The zero-order valence-electron chi connectivity index (χ0n) is 17.4. The van der Waals surface area contributed by atoms with Crippen LogP contribution < -0.4 is 10.6 Å².